The second-order valence-electron chi connectivity index (χ2n) is 5.09. The van der Waals surface area contributed by atoms with Crippen LogP contribution in [0.5, 0.6) is 0 Å². The second-order valence-corrected chi connectivity index (χ2v) is 5.09. The highest BCUT2D eigenvalue weighted by Gasteiger charge is 2.18. The van der Waals surface area contributed by atoms with Crippen molar-refractivity contribution in [3.8, 4) is 0 Å². The maximum absolute atomic E-state index is 11.7. The normalized spacial score (nSPS) is 12.1. The highest BCUT2D eigenvalue weighted by atomic mass is 16.5. The maximum Gasteiger partial charge on any atom is 0.331 e. The summed E-state index contributed by atoms with van der Waals surface area (Å²) < 4.78 is 9.79. The number of likely N-dealkylation sites (N-methyl/N-ethyl adjacent to an activating group) is 1. The highest BCUT2D eigenvalue weighted by molar-refractivity contribution is 5.91. The summed E-state index contributed by atoms with van der Waals surface area (Å²) in [6, 6.07) is -0.463. The van der Waals surface area contributed by atoms with Crippen LogP contribution in [0.4, 0.5) is 4.79 Å². The van der Waals surface area contributed by atoms with E-state index in [1.807, 2.05) is 0 Å². The Hall–Kier alpha value is -2.05. The van der Waals surface area contributed by atoms with Crippen LogP contribution in [0, 0.1) is 0 Å². The van der Waals surface area contributed by atoms with Crippen LogP contribution in [-0.2, 0) is 19.1 Å². The number of hydrogen-bond donors (Lipinski definition) is 0. The van der Waals surface area contributed by atoms with Gasteiger partial charge in [-0.1, -0.05) is 0 Å². The van der Waals surface area contributed by atoms with Crippen molar-refractivity contribution in [3.05, 3.63) is 12.2 Å². The Kier molecular flexibility index (Phi) is 8.11. The van der Waals surface area contributed by atoms with Crippen molar-refractivity contribution in [2.24, 2.45) is 0 Å². The Labute approximate surface area is 125 Å². The van der Waals surface area contributed by atoms with Gasteiger partial charge in [0.15, 0.2) is 0 Å². The molecule has 0 aliphatic carbocycles. The minimum atomic E-state index is -0.659. The van der Waals surface area contributed by atoms with Gasteiger partial charge in [-0.15, -0.1) is 0 Å². The van der Waals surface area contributed by atoms with Crippen LogP contribution in [0.3, 0.4) is 0 Å². The molecular weight excluding hydrogens is 276 g/mol. The summed E-state index contributed by atoms with van der Waals surface area (Å²) in [7, 11) is 4.90. The molecule has 120 valence electrons. The van der Waals surface area contributed by atoms with Gasteiger partial charge in [0.25, 0.3) is 0 Å². The second kappa shape index (κ2) is 8.99. The molecular formula is C14H24N2O5. The number of amides is 2. The standard InChI is InChI=1S/C14H24N2O5/c1-10(2)21-13(18)8-7-12(17)20-9-11(3)16(6)14(19)15(4)5/h7-8,10-11H,9H2,1-6H3. The molecule has 21 heavy (non-hydrogen) atoms. The van der Waals surface area contributed by atoms with E-state index in [9.17, 15) is 14.4 Å². The lowest BCUT2D eigenvalue weighted by molar-refractivity contribution is -0.143. The summed E-state index contributed by atoms with van der Waals surface area (Å²) in [5, 5.41) is 0. The van der Waals surface area contributed by atoms with Gasteiger partial charge < -0.3 is 19.3 Å². The van der Waals surface area contributed by atoms with Gasteiger partial charge in [-0.25, -0.2) is 14.4 Å². The van der Waals surface area contributed by atoms with Gasteiger partial charge in [0.05, 0.1) is 12.1 Å². The summed E-state index contributed by atoms with van der Waals surface area (Å²) >= 11 is 0. The zero-order chi connectivity index (χ0) is 16.6. The molecule has 7 heteroatoms. The zero-order valence-electron chi connectivity index (χ0n) is 13.5. The van der Waals surface area contributed by atoms with Crippen LogP contribution < -0.4 is 0 Å². The fraction of sp³-hybridized carbons (Fsp3) is 0.643. The highest BCUT2D eigenvalue weighted by Crippen LogP contribution is 2.01. The molecule has 2 amide bonds. The van der Waals surface area contributed by atoms with Crippen LogP contribution in [0.15, 0.2) is 12.2 Å². The van der Waals surface area contributed by atoms with Crippen molar-refractivity contribution < 1.29 is 23.9 Å². The van der Waals surface area contributed by atoms with Gasteiger partial charge in [-0.2, -0.15) is 0 Å². The third kappa shape index (κ3) is 7.96. The molecule has 1 atom stereocenters. The van der Waals surface area contributed by atoms with Crippen molar-refractivity contribution in [3.63, 3.8) is 0 Å². The predicted molar refractivity (Wildman–Crippen MR) is 77.6 cm³/mol. The Balaban J connectivity index is 4.22. The van der Waals surface area contributed by atoms with Crippen molar-refractivity contribution >= 4 is 18.0 Å². The van der Waals surface area contributed by atoms with Crippen molar-refractivity contribution in [1.82, 2.24) is 9.80 Å². The summed E-state index contributed by atoms with van der Waals surface area (Å²) in [6.45, 7) is 5.22. The minimum Gasteiger partial charge on any atom is -0.460 e. The van der Waals surface area contributed by atoms with Crippen LogP contribution in [0.25, 0.3) is 0 Å². The topological polar surface area (TPSA) is 76.2 Å². The molecule has 0 aliphatic heterocycles. The minimum absolute atomic E-state index is 0.0402. The molecule has 0 bridgehead atoms. The Morgan fingerprint density at radius 1 is 1.00 bits per heavy atom. The van der Waals surface area contributed by atoms with E-state index in [-0.39, 0.29) is 24.8 Å². The summed E-state index contributed by atoms with van der Waals surface area (Å²) in [6.07, 6.45) is 1.77. The number of esters is 2. The van der Waals surface area contributed by atoms with Crippen molar-refractivity contribution in [2.45, 2.75) is 32.9 Å². The summed E-state index contributed by atoms with van der Waals surface area (Å²) in [5.41, 5.74) is 0. The lowest BCUT2D eigenvalue weighted by Gasteiger charge is -2.27. The van der Waals surface area contributed by atoms with E-state index in [4.69, 9.17) is 9.47 Å². The lowest BCUT2D eigenvalue weighted by atomic mass is 10.3. The molecule has 0 saturated heterocycles. The van der Waals surface area contributed by atoms with Gasteiger partial charge >= 0.3 is 18.0 Å². The van der Waals surface area contributed by atoms with Crippen molar-refractivity contribution in [1.29, 1.82) is 0 Å². The Bertz CT molecular complexity index is 404. The van der Waals surface area contributed by atoms with E-state index in [1.54, 1.807) is 41.9 Å². The molecule has 1 unspecified atom stereocenters. The molecule has 0 rings (SSSR count). The number of carbonyl (C=O) groups is 3. The predicted octanol–water partition coefficient (Wildman–Crippen LogP) is 1.04. The SMILES string of the molecule is CC(C)OC(=O)C=CC(=O)OCC(C)N(C)C(=O)N(C)C. The summed E-state index contributed by atoms with van der Waals surface area (Å²) in [4.78, 5) is 37.2. The number of carbonyl (C=O) groups excluding carboxylic acids is 3. The first kappa shape index (κ1) is 18.9. The molecule has 0 aliphatic rings. The molecule has 0 N–H and O–H groups in total. The van der Waals surface area contributed by atoms with Crippen LogP contribution in [-0.4, -0.2) is 67.7 Å². The van der Waals surface area contributed by atoms with E-state index in [2.05, 4.69) is 0 Å². The van der Waals surface area contributed by atoms with Crippen LogP contribution in [0.2, 0.25) is 0 Å². The smallest absolute Gasteiger partial charge is 0.331 e. The molecule has 0 aromatic carbocycles. The quantitative estimate of drug-likeness (QED) is 0.541. The molecule has 0 spiro atoms. The molecule has 0 aromatic rings. The van der Waals surface area contributed by atoms with Gasteiger partial charge in [-0.3, -0.25) is 0 Å². The number of rotatable bonds is 6. The number of urea groups is 1. The van der Waals surface area contributed by atoms with Crippen LogP contribution >= 0.6 is 0 Å². The van der Waals surface area contributed by atoms with E-state index in [0.717, 1.165) is 12.2 Å². The molecule has 0 radical (unpaired) electrons. The third-order valence-electron chi connectivity index (χ3n) is 2.52. The average Bonchev–Trinajstić information content (AvgIpc) is 2.39. The first-order chi connectivity index (χ1) is 9.65. The molecule has 0 fully saturated rings. The summed E-state index contributed by atoms with van der Waals surface area (Å²) in [5.74, 6) is -1.26. The van der Waals surface area contributed by atoms with Gasteiger partial charge in [0, 0.05) is 33.3 Å². The number of ether oxygens (including phenoxy) is 2. The van der Waals surface area contributed by atoms with Gasteiger partial charge in [0.1, 0.15) is 6.61 Å². The first-order valence-corrected chi connectivity index (χ1v) is 6.64. The maximum atomic E-state index is 11.7. The van der Waals surface area contributed by atoms with Crippen LogP contribution in [0.1, 0.15) is 20.8 Å². The number of nitrogens with zero attached hydrogens (tertiary/aromatic N) is 2. The monoisotopic (exact) mass is 300 g/mol. The van der Waals surface area contributed by atoms with E-state index >= 15 is 0 Å². The van der Waals surface area contributed by atoms with E-state index in [0.29, 0.717) is 0 Å². The van der Waals surface area contributed by atoms with E-state index < -0.39 is 11.9 Å². The fourth-order valence-electron chi connectivity index (χ4n) is 1.27. The van der Waals surface area contributed by atoms with Gasteiger partial charge in [0.2, 0.25) is 0 Å². The number of hydrogen-bond acceptors (Lipinski definition) is 5. The third-order valence-corrected chi connectivity index (χ3v) is 2.52. The first-order valence-electron chi connectivity index (χ1n) is 6.64. The van der Waals surface area contributed by atoms with Gasteiger partial charge in [-0.05, 0) is 20.8 Å². The zero-order valence-corrected chi connectivity index (χ0v) is 13.5. The molecule has 0 heterocycles. The molecule has 7 nitrogen and oxygen atoms in total. The molecule has 0 aromatic heterocycles. The molecule has 0 saturated carbocycles. The lowest BCUT2D eigenvalue weighted by Crippen LogP contribution is -2.43. The Morgan fingerprint density at radius 2 is 1.52 bits per heavy atom. The fourth-order valence-corrected chi connectivity index (χ4v) is 1.27. The Morgan fingerprint density at radius 3 is 2.00 bits per heavy atom. The average molecular weight is 300 g/mol. The van der Waals surface area contributed by atoms with Crippen molar-refractivity contribution in [2.75, 3.05) is 27.7 Å². The largest absolute Gasteiger partial charge is 0.460 e. The van der Waals surface area contributed by atoms with E-state index in [1.165, 1.54) is 9.80 Å².